The van der Waals surface area contributed by atoms with E-state index in [9.17, 15) is 0 Å². The Kier molecular flexibility index (Phi) is 4.22. The van der Waals surface area contributed by atoms with E-state index in [-0.39, 0.29) is 0 Å². The van der Waals surface area contributed by atoms with Gasteiger partial charge in [-0.05, 0) is 44.8 Å². The minimum Gasteiger partial charge on any atom is -0.330 e. The van der Waals surface area contributed by atoms with Gasteiger partial charge in [-0.25, -0.2) is 0 Å². The van der Waals surface area contributed by atoms with Crippen molar-refractivity contribution < 1.29 is 0 Å². The molecule has 2 N–H and O–H groups in total. The van der Waals surface area contributed by atoms with Gasteiger partial charge in [0.05, 0.1) is 0 Å². The average molecular weight is 225 g/mol. The van der Waals surface area contributed by atoms with Crippen molar-refractivity contribution in [1.82, 2.24) is 9.80 Å². The predicted molar refractivity (Wildman–Crippen MR) is 68.5 cm³/mol. The lowest BCUT2D eigenvalue weighted by atomic mass is 9.79. The second kappa shape index (κ2) is 5.48. The van der Waals surface area contributed by atoms with Crippen LogP contribution in [0.4, 0.5) is 0 Å². The van der Waals surface area contributed by atoms with Crippen molar-refractivity contribution in [2.75, 3.05) is 32.7 Å². The molecule has 2 rings (SSSR count). The molecule has 0 radical (unpaired) electrons. The number of likely N-dealkylation sites (N-methyl/N-ethyl adjacent to an activating group) is 1. The first-order chi connectivity index (χ1) is 7.80. The van der Waals surface area contributed by atoms with Crippen LogP contribution in [0.25, 0.3) is 0 Å². The molecule has 0 amide bonds. The maximum absolute atomic E-state index is 5.80. The topological polar surface area (TPSA) is 32.5 Å². The van der Waals surface area contributed by atoms with Gasteiger partial charge < -0.3 is 5.73 Å². The fraction of sp³-hybridized carbons (Fsp3) is 1.00. The zero-order valence-electron chi connectivity index (χ0n) is 10.9. The number of nitrogens with two attached hydrogens (primary N) is 1. The molecule has 1 heterocycles. The monoisotopic (exact) mass is 225 g/mol. The van der Waals surface area contributed by atoms with Gasteiger partial charge in [-0.1, -0.05) is 13.8 Å². The molecule has 3 unspecified atom stereocenters. The number of nitrogens with zero attached hydrogens (tertiary/aromatic N) is 2. The summed E-state index contributed by atoms with van der Waals surface area (Å²) >= 11 is 0. The normalized spacial score (nSPS) is 35.6. The van der Waals surface area contributed by atoms with Crippen molar-refractivity contribution in [1.29, 1.82) is 0 Å². The van der Waals surface area contributed by atoms with Crippen LogP contribution in [-0.2, 0) is 0 Å². The minimum absolute atomic E-state index is 0.787. The highest BCUT2D eigenvalue weighted by molar-refractivity contribution is 4.94. The van der Waals surface area contributed by atoms with Gasteiger partial charge in [-0.3, -0.25) is 9.80 Å². The summed E-state index contributed by atoms with van der Waals surface area (Å²) in [5.74, 6) is 0.787. The molecular weight excluding hydrogens is 198 g/mol. The van der Waals surface area contributed by atoms with Crippen LogP contribution in [0.3, 0.4) is 0 Å². The van der Waals surface area contributed by atoms with Crippen molar-refractivity contribution in [2.24, 2.45) is 11.7 Å². The lowest BCUT2D eigenvalue weighted by molar-refractivity contribution is 0.0792. The molecule has 3 nitrogen and oxygen atoms in total. The van der Waals surface area contributed by atoms with Crippen molar-refractivity contribution in [3.8, 4) is 0 Å². The summed E-state index contributed by atoms with van der Waals surface area (Å²) < 4.78 is 0. The van der Waals surface area contributed by atoms with Crippen molar-refractivity contribution in [2.45, 2.75) is 45.2 Å². The Labute approximate surface area is 100.0 Å². The van der Waals surface area contributed by atoms with Crippen molar-refractivity contribution in [3.05, 3.63) is 0 Å². The highest BCUT2D eigenvalue weighted by Crippen LogP contribution is 2.34. The average Bonchev–Trinajstić information content (AvgIpc) is 2.68. The second-order valence-electron chi connectivity index (χ2n) is 5.30. The van der Waals surface area contributed by atoms with E-state index < -0.39 is 0 Å². The van der Waals surface area contributed by atoms with Crippen LogP contribution in [0, 0.1) is 5.92 Å². The first-order valence-corrected chi connectivity index (χ1v) is 6.98. The SMILES string of the molecule is CCN(CC)C1CCN(C2CCC2CN)C1. The molecule has 0 aromatic heterocycles. The smallest absolute Gasteiger partial charge is 0.0235 e. The molecule has 1 aliphatic heterocycles. The molecular formula is C13H27N3. The molecule has 94 valence electrons. The standard InChI is InChI=1S/C13H27N3/c1-3-15(4-2)12-7-8-16(10-12)13-6-5-11(13)9-14/h11-13H,3-10,14H2,1-2H3. The number of hydrogen-bond acceptors (Lipinski definition) is 3. The molecule has 0 bridgehead atoms. The van der Waals surface area contributed by atoms with E-state index >= 15 is 0 Å². The summed E-state index contributed by atoms with van der Waals surface area (Å²) in [7, 11) is 0. The van der Waals surface area contributed by atoms with Gasteiger partial charge >= 0.3 is 0 Å². The largest absolute Gasteiger partial charge is 0.330 e. The summed E-state index contributed by atoms with van der Waals surface area (Å²) in [6.07, 6.45) is 4.09. The molecule has 2 fully saturated rings. The quantitative estimate of drug-likeness (QED) is 0.761. The molecule has 2 aliphatic rings. The third kappa shape index (κ3) is 2.27. The number of hydrogen-bond donors (Lipinski definition) is 1. The summed E-state index contributed by atoms with van der Waals surface area (Å²) in [6, 6.07) is 1.61. The lowest BCUT2D eigenvalue weighted by Gasteiger charge is -2.42. The van der Waals surface area contributed by atoms with Gasteiger partial charge in [-0.2, -0.15) is 0 Å². The van der Waals surface area contributed by atoms with E-state index in [2.05, 4.69) is 23.6 Å². The highest BCUT2D eigenvalue weighted by Gasteiger charge is 2.38. The minimum atomic E-state index is 0.787. The van der Waals surface area contributed by atoms with Gasteiger partial charge in [-0.15, -0.1) is 0 Å². The Balaban J connectivity index is 1.83. The number of rotatable bonds is 5. The van der Waals surface area contributed by atoms with E-state index in [0.717, 1.165) is 24.5 Å². The summed E-state index contributed by atoms with van der Waals surface area (Å²) in [4.78, 5) is 5.31. The maximum atomic E-state index is 5.80. The van der Waals surface area contributed by atoms with Gasteiger partial charge in [0.1, 0.15) is 0 Å². The zero-order chi connectivity index (χ0) is 11.5. The number of likely N-dealkylation sites (tertiary alicyclic amines) is 1. The van der Waals surface area contributed by atoms with Crippen LogP contribution in [0.1, 0.15) is 33.1 Å². The predicted octanol–water partition coefficient (Wildman–Crippen LogP) is 1.14. The van der Waals surface area contributed by atoms with Crippen molar-refractivity contribution in [3.63, 3.8) is 0 Å². The zero-order valence-corrected chi connectivity index (χ0v) is 10.9. The molecule has 1 aliphatic carbocycles. The van der Waals surface area contributed by atoms with Crippen LogP contribution in [0.15, 0.2) is 0 Å². The Hall–Kier alpha value is -0.120. The molecule has 0 spiro atoms. The molecule has 16 heavy (non-hydrogen) atoms. The van der Waals surface area contributed by atoms with Crippen LogP contribution in [0.2, 0.25) is 0 Å². The fourth-order valence-electron chi connectivity index (χ4n) is 3.41. The van der Waals surface area contributed by atoms with Crippen LogP contribution < -0.4 is 5.73 Å². The van der Waals surface area contributed by atoms with Gasteiger partial charge in [0, 0.05) is 25.2 Å². The van der Waals surface area contributed by atoms with Gasteiger partial charge in [0.15, 0.2) is 0 Å². The molecule has 1 saturated heterocycles. The summed E-state index contributed by atoms with van der Waals surface area (Å²) in [6.45, 7) is 10.4. The fourth-order valence-corrected chi connectivity index (χ4v) is 3.41. The summed E-state index contributed by atoms with van der Waals surface area (Å²) in [5, 5.41) is 0. The Morgan fingerprint density at radius 3 is 2.44 bits per heavy atom. The molecule has 3 heteroatoms. The Bertz CT molecular complexity index is 213. The van der Waals surface area contributed by atoms with E-state index in [0.29, 0.717) is 0 Å². The van der Waals surface area contributed by atoms with E-state index in [4.69, 9.17) is 5.73 Å². The third-order valence-corrected chi connectivity index (χ3v) is 4.67. The molecule has 0 aromatic rings. The lowest BCUT2D eigenvalue weighted by Crippen LogP contribution is -2.50. The van der Waals surface area contributed by atoms with Crippen molar-refractivity contribution >= 4 is 0 Å². The second-order valence-corrected chi connectivity index (χ2v) is 5.30. The van der Waals surface area contributed by atoms with E-state index in [1.807, 2.05) is 0 Å². The van der Waals surface area contributed by atoms with Crippen LogP contribution >= 0.6 is 0 Å². The maximum Gasteiger partial charge on any atom is 0.0235 e. The third-order valence-electron chi connectivity index (χ3n) is 4.67. The van der Waals surface area contributed by atoms with Gasteiger partial charge in [0.2, 0.25) is 0 Å². The summed E-state index contributed by atoms with van der Waals surface area (Å²) in [5.41, 5.74) is 5.80. The molecule has 1 saturated carbocycles. The molecule has 3 atom stereocenters. The molecule has 0 aromatic carbocycles. The first-order valence-electron chi connectivity index (χ1n) is 6.98. The first kappa shape index (κ1) is 12.3. The van der Waals surface area contributed by atoms with Crippen LogP contribution in [0.5, 0.6) is 0 Å². The van der Waals surface area contributed by atoms with E-state index in [1.165, 1.54) is 45.4 Å². The van der Waals surface area contributed by atoms with Gasteiger partial charge in [0.25, 0.3) is 0 Å². The Morgan fingerprint density at radius 2 is 1.94 bits per heavy atom. The highest BCUT2D eigenvalue weighted by atomic mass is 15.3. The van der Waals surface area contributed by atoms with Crippen LogP contribution in [-0.4, -0.2) is 54.6 Å². The Morgan fingerprint density at radius 1 is 1.19 bits per heavy atom. The van der Waals surface area contributed by atoms with E-state index in [1.54, 1.807) is 0 Å².